The molecule has 0 saturated heterocycles. The van der Waals surface area contributed by atoms with Gasteiger partial charge in [0.05, 0.1) is 11.4 Å². The van der Waals surface area contributed by atoms with Gasteiger partial charge < -0.3 is 5.11 Å². The highest BCUT2D eigenvalue weighted by Gasteiger charge is 2.11. The summed E-state index contributed by atoms with van der Waals surface area (Å²) in [6.07, 6.45) is 0.670. The minimum Gasteiger partial charge on any atom is -0.396 e. The van der Waals surface area contributed by atoms with Gasteiger partial charge in [-0.15, -0.1) is 0 Å². The molecule has 1 heterocycles. The molecule has 0 amide bonds. The lowest BCUT2D eigenvalue weighted by Gasteiger charge is -2.05. The lowest BCUT2D eigenvalue weighted by Crippen LogP contribution is -2.00. The van der Waals surface area contributed by atoms with Crippen molar-refractivity contribution >= 4 is 0 Å². The highest BCUT2D eigenvalue weighted by atomic mass is 16.2. The maximum atomic E-state index is 9.06. The van der Waals surface area contributed by atoms with Crippen LogP contribution in [0.4, 0.5) is 0 Å². The van der Waals surface area contributed by atoms with Crippen molar-refractivity contribution in [2.24, 2.45) is 0 Å². The van der Waals surface area contributed by atoms with Gasteiger partial charge in [-0.2, -0.15) is 5.10 Å². The molecular weight excluding hydrogens is 212 g/mol. The van der Waals surface area contributed by atoms with Gasteiger partial charge in [-0.25, -0.2) is 4.68 Å². The summed E-state index contributed by atoms with van der Waals surface area (Å²) in [6.45, 7) is 6.28. The number of nitrogens with zero attached hydrogens (tertiary/aromatic N) is 2. The third kappa shape index (κ3) is 2.24. The van der Waals surface area contributed by atoms with Crippen LogP contribution in [0.3, 0.4) is 0 Å². The van der Waals surface area contributed by atoms with Crippen molar-refractivity contribution in [1.29, 1.82) is 0 Å². The largest absolute Gasteiger partial charge is 0.396 e. The van der Waals surface area contributed by atoms with Crippen molar-refractivity contribution in [2.75, 3.05) is 6.61 Å². The Bertz CT molecular complexity index is 529. The second-order valence-electron chi connectivity index (χ2n) is 4.37. The molecule has 1 aromatic carbocycles. The number of aromatic nitrogens is 2. The van der Waals surface area contributed by atoms with Crippen LogP contribution in [-0.2, 0) is 6.42 Å². The summed E-state index contributed by atoms with van der Waals surface area (Å²) in [6, 6.07) is 8.27. The van der Waals surface area contributed by atoms with Crippen LogP contribution in [0.5, 0.6) is 0 Å². The predicted octanol–water partition coefficient (Wildman–Crippen LogP) is 2.33. The summed E-state index contributed by atoms with van der Waals surface area (Å²) in [7, 11) is 0. The molecule has 2 aromatic rings. The Hall–Kier alpha value is -1.61. The summed E-state index contributed by atoms with van der Waals surface area (Å²) < 4.78 is 1.95. The fourth-order valence-electron chi connectivity index (χ4n) is 2.16. The first-order chi connectivity index (χ1) is 8.13. The van der Waals surface area contributed by atoms with Gasteiger partial charge in [-0.05, 0) is 50.5 Å². The van der Waals surface area contributed by atoms with E-state index in [1.165, 1.54) is 5.56 Å². The molecule has 0 bridgehead atoms. The third-order valence-corrected chi connectivity index (χ3v) is 3.05. The fraction of sp³-hybridized carbons (Fsp3) is 0.357. The maximum absolute atomic E-state index is 9.06. The van der Waals surface area contributed by atoms with Crippen LogP contribution in [0, 0.1) is 20.8 Å². The zero-order valence-corrected chi connectivity index (χ0v) is 10.6. The second kappa shape index (κ2) is 4.72. The van der Waals surface area contributed by atoms with E-state index in [0.29, 0.717) is 6.42 Å². The molecule has 0 spiro atoms. The number of hydrogen-bond acceptors (Lipinski definition) is 2. The van der Waals surface area contributed by atoms with Crippen molar-refractivity contribution in [3.05, 3.63) is 46.8 Å². The highest BCUT2D eigenvalue weighted by Crippen LogP contribution is 2.18. The average Bonchev–Trinajstić information content (AvgIpc) is 2.57. The summed E-state index contributed by atoms with van der Waals surface area (Å²) in [5.41, 5.74) is 5.56. The highest BCUT2D eigenvalue weighted by molar-refractivity contribution is 5.39. The first kappa shape index (κ1) is 11.9. The van der Waals surface area contributed by atoms with Gasteiger partial charge in [0, 0.05) is 12.3 Å². The van der Waals surface area contributed by atoms with E-state index in [1.807, 2.05) is 24.6 Å². The van der Waals surface area contributed by atoms with Crippen LogP contribution < -0.4 is 0 Å². The van der Waals surface area contributed by atoms with E-state index < -0.39 is 0 Å². The van der Waals surface area contributed by atoms with E-state index >= 15 is 0 Å². The van der Waals surface area contributed by atoms with Crippen molar-refractivity contribution in [3.63, 3.8) is 0 Å². The lowest BCUT2D eigenvalue weighted by atomic mass is 10.1. The number of aliphatic hydroxyl groups excluding tert-OH is 1. The molecule has 0 saturated carbocycles. The zero-order chi connectivity index (χ0) is 12.4. The van der Waals surface area contributed by atoms with E-state index in [9.17, 15) is 0 Å². The average molecular weight is 230 g/mol. The van der Waals surface area contributed by atoms with E-state index in [0.717, 1.165) is 22.6 Å². The predicted molar refractivity (Wildman–Crippen MR) is 68.6 cm³/mol. The van der Waals surface area contributed by atoms with Crippen molar-refractivity contribution in [1.82, 2.24) is 9.78 Å². The molecular formula is C14H18N2O. The molecule has 0 aliphatic rings. The van der Waals surface area contributed by atoms with Crippen molar-refractivity contribution in [3.8, 4) is 5.69 Å². The van der Waals surface area contributed by atoms with Crippen LogP contribution >= 0.6 is 0 Å². The van der Waals surface area contributed by atoms with Crippen LogP contribution in [-0.4, -0.2) is 21.5 Å². The summed E-state index contributed by atoms with van der Waals surface area (Å²) in [4.78, 5) is 0. The number of aliphatic hydroxyl groups is 1. The quantitative estimate of drug-likeness (QED) is 0.878. The van der Waals surface area contributed by atoms with Gasteiger partial charge in [0.25, 0.3) is 0 Å². The topological polar surface area (TPSA) is 38.0 Å². The summed E-state index contributed by atoms with van der Waals surface area (Å²) >= 11 is 0. The molecule has 3 heteroatoms. The van der Waals surface area contributed by atoms with Gasteiger partial charge in [0.2, 0.25) is 0 Å². The molecule has 0 unspecified atom stereocenters. The molecule has 0 aliphatic heterocycles. The Kier molecular flexibility index (Phi) is 3.29. The molecule has 0 radical (unpaired) electrons. The molecule has 0 aliphatic carbocycles. The van der Waals surface area contributed by atoms with E-state index in [4.69, 9.17) is 5.11 Å². The Balaban J connectivity index is 2.50. The molecule has 17 heavy (non-hydrogen) atoms. The van der Waals surface area contributed by atoms with Crippen molar-refractivity contribution in [2.45, 2.75) is 27.2 Å². The van der Waals surface area contributed by atoms with E-state index in [2.05, 4.69) is 30.2 Å². The number of hydrogen-bond donors (Lipinski definition) is 1. The normalized spacial score (nSPS) is 10.8. The Morgan fingerprint density at radius 2 is 2.00 bits per heavy atom. The Morgan fingerprint density at radius 1 is 1.24 bits per heavy atom. The van der Waals surface area contributed by atoms with Gasteiger partial charge in [0.15, 0.2) is 0 Å². The minimum atomic E-state index is 0.168. The van der Waals surface area contributed by atoms with Crippen LogP contribution in [0.1, 0.15) is 22.5 Å². The van der Waals surface area contributed by atoms with Gasteiger partial charge in [-0.1, -0.05) is 12.1 Å². The molecule has 3 nitrogen and oxygen atoms in total. The van der Waals surface area contributed by atoms with Crippen LogP contribution in [0.2, 0.25) is 0 Å². The first-order valence-corrected chi connectivity index (χ1v) is 5.86. The molecule has 2 rings (SSSR count). The smallest absolute Gasteiger partial charge is 0.0651 e. The first-order valence-electron chi connectivity index (χ1n) is 5.86. The monoisotopic (exact) mass is 230 g/mol. The van der Waals surface area contributed by atoms with Crippen LogP contribution in [0.25, 0.3) is 5.69 Å². The molecule has 90 valence electrons. The van der Waals surface area contributed by atoms with Gasteiger partial charge in [-0.3, -0.25) is 0 Å². The summed E-state index contributed by atoms with van der Waals surface area (Å²) in [5, 5.41) is 13.6. The standard InChI is InChI=1S/C14H18N2O/c1-10-5-4-6-13(9-10)16-12(3)14(7-8-17)11(2)15-16/h4-6,9,17H,7-8H2,1-3H3. The number of aryl methyl sites for hydroxylation is 2. The molecule has 1 aromatic heterocycles. The van der Waals surface area contributed by atoms with Gasteiger partial charge in [0.1, 0.15) is 0 Å². The third-order valence-electron chi connectivity index (χ3n) is 3.05. The van der Waals surface area contributed by atoms with Crippen LogP contribution in [0.15, 0.2) is 24.3 Å². The fourth-order valence-corrected chi connectivity index (χ4v) is 2.16. The van der Waals surface area contributed by atoms with Crippen molar-refractivity contribution < 1.29 is 5.11 Å². The molecule has 1 N–H and O–H groups in total. The Morgan fingerprint density at radius 3 is 2.65 bits per heavy atom. The second-order valence-corrected chi connectivity index (χ2v) is 4.37. The number of rotatable bonds is 3. The number of benzene rings is 1. The lowest BCUT2D eigenvalue weighted by molar-refractivity contribution is 0.299. The zero-order valence-electron chi connectivity index (χ0n) is 10.6. The SMILES string of the molecule is Cc1cccc(-n2nc(C)c(CCO)c2C)c1. The molecule has 0 atom stereocenters. The molecule has 0 fully saturated rings. The maximum Gasteiger partial charge on any atom is 0.0651 e. The van der Waals surface area contributed by atoms with Gasteiger partial charge >= 0.3 is 0 Å². The van der Waals surface area contributed by atoms with E-state index in [1.54, 1.807) is 0 Å². The summed E-state index contributed by atoms with van der Waals surface area (Å²) in [5.74, 6) is 0. The van der Waals surface area contributed by atoms with E-state index in [-0.39, 0.29) is 6.61 Å². The Labute approximate surface area is 102 Å². The minimum absolute atomic E-state index is 0.168.